The monoisotopic (exact) mass is 492 g/mol. The summed E-state index contributed by atoms with van der Waals surface area (Å²) >= 11 is 0. The Morgan fingerprint density at radius 2 is 1.82 bits per heavy atom. The molecule has 1 atom stereocenters. The first-order valence-electron chi connectivity index (χ1n) is 9.40. The summed E-state index contributed by atoms with van der Waals surface area (Å²) in [7, 11) is 0. The molecule has 0 heterocycles. The van der Waals surface area contributed by atoms with E-state index in [2.05, 4.69) is 40.8 Å². The fourth-order valence-electron chi connectivity index (χ4n) is 2.56. The zero-order valence-electron chi connectivity index (χ0n) is 16.5. The van der Waals surface area contributed by atoms with Crippen LogP contribution < -0.4 is 10.6 Å². The van der Waals surface area contributed by atoms with Crippen LogP contribution in [0.3, 0.4) is 0 Å². The molecule has 0 amide bonds. The molecule has 0 aliphatic heterocycles. The summed E-state index contributed by atoms with van der Waals surface area (Å²) in [5.74, 6) is 0.790. The summed E-state index contributed by atoms with van der Waals surface area (Å²) in [5, 5.41) is 15.4. The number of nitrogens with zero attached hydrogens (tertiary/aromatic N) is 2. The average Bonchev–Trinajstić information content (AvgIpc) is 2.72. The van der Waals surface area contributed by atoms with Crippen molar-refractivity contribution in [3.63, 3.8) is 0 Å². The second-order valence-corrected chi connectivity index (χ2v) is 6.21. The molecule has 6 heteroatoms. The van der Waals surface area contributed by atoms with Crippen LogP contribution in [0, 0.1) is 11.3 Å². The van der Waals surface area contributed by atoms with Gasteiger partial charge in [-0.25, -0.2) is 4.99 Å². The quantitative estimate of drug-likeness (QED) is 0.236. The number of nitrogens with one attached hydrogen (secondary N) is 2. The second kappa shape index (κ2) is 14.0. The largest absolute Gasteiger partial charge is 0.374 e. The van der Waals surface area contributed by atoms with E-state index in [4.69, 9.17) is 10.00 Å². The molecule has 0 saturated heterocycles. The first-order chi connectivity index (χ1) is 13.2. The van der Waals surface area contributed by atoms with Gasteiger partial charge in [0.15, 0.2) is 5.96 Å². The van der Waals surface area contributed by atoms with Crippen LogP contribution in [0.4, 0.5) is 0 Å². The van der Waals surface area contributed by atoms with Crippen molar-refractivity contribution in [2.24, 2.45) is 4.99 Å². The highest BCUT2D eigenvalue weighted by atomic mass is 127. The molecule has 0 aliphatic rings. The summed E-state index contributed by atoms with van der Waals surface area (Å²) < 4.78 is 5.89. The lowest BCUT2D eigenvalue weighted by Gasteiger charge is -2.14. The average molecular weight is 492 g/mol. The van der Waals surface area contributed by atoms with E-state index < -0.39 is 0 Å². The fourth-order valence-corrected chi connectivity index (χ4v) is 2.56. The van der Waals surface area contributed by atoms with E-state index >= 15 is 0 Å². The van der Waals surface area contributed by atoms with Crippen LogP contribution in [0.1, 0.15) is 43.1 Å². The molecule has 2 N–H and O–H groups in total. The lowest BCUT2D eigenvalue weighted by molar-refractivity contribution is 0.0646. The number of ether oxygens (including phenoxy) is 1. The van der Waals surface area contributed by atoms with Crippen LogP contribution in [0.2, 0.25) is 0 Å². The number of halogens is 1. The zero-order valence-corrected chi connectivity index (χ0v) is 18.9. The smallest absolute Gasteiger partial charge is 0.191 e. The van der Waals surface area contributed by atoms with Gasteiger partial charge in [0.05, 0.1) is 24.3 Å². The highest BCUT2D eigenvalue weighted by Crippen LogP contribution is 2.15. The second-order valence-electron chi connectivity index (χ2n) is 6.21. The van der Waals surface area contributed by atoms with E-state index in [1.165, 1.54) is 5.56 Å². The van der Waals surface area contributed by atoms with Crippen molar-refractivity contribution in [1.29, 1.82) is 5.26 Å². The highest BCUT2D eigenvalue weighted by molar-refractivity contribution is 14.0. The molecule has 28 heavy (non-hydrogen) atoms. The lowest BCUT2D eigenvalue weighted by Crippen LogP contribution is -2.38. The number of guanidine groups is 1. The fraction of sp³-hybridized carbons (Fsp3) is 0.364. The molecular weight excluding hydrogens is 463 g/mol. The van der Waals surface area contributed by atoms with Gasteiger partial charge in [0, 0.05) is 19.7 Å². The van der Waals surface area contributed by atoms with Crippen molar-refractivity contribution in [1.82, 2.24) is 10.6 Å². The molecule has 2 aromatic rings. The molecule has 1 unspecified atom stereocenters. The molecule has 150 valence electrons. The van der Waals surface area contributed by atoms with Crippen LogP contribution in [-0.2, 0) is 11.3 Å². The van der Waals surface area contributed by atoms with Gasteiger partial charge in [-0.15, -0.1) is 24.0 Å². The van der Waals surface area contributed by atoms with E-state index in [9.17, 15) is 0 Å². The minimum Gasteiger partial charge on any atom is -0.374 e. The third-order valence-electron chi connectivity index (χ3n) is 4.10. The summed E-state index contributed by atoms with van der Waals surface area (Å²) in [5.41, 5.74) is 2.94. The van der Waals surface area contributed by atoms with Crippen LogP contribution in [0.25, 0.3) is 0 Å². The van der Waals surface area contributed by atoms with E-state index in [-0.39, 0.29) is 30.1 Å². The van der Waals surface area contributed by atoms with Crippen molar-refractivity contribution >= 4 is 29.9 Å². The maximum Gasteiger partial charge on any atom is 0.191 e. The third kappa shape index (κ3) is 8.72. The van der Waals surface area contributed by atoms with Gasteiger partial charge in [-0.05, 0) is 43.5 Å². The molecule has 0 aromatic heterocycles. The van der Waals surface area contributed by atoms with E-state index in [1.807, 2.05) is 49.4 Å². The normalized spacial score (nSPS) is 11.8. The molecule has 0 radical (unpaired) electrons. The Morgan fingerprint density at radius 1 is 1.11 bits per heavy atom. The lowest BCUT2D eigenvalue weighted by atomic mass is 10.1. The first kappa shape index (κ1) is 23.9. The van der Waals surface area contributed by atoms with Crippen LogP contribution in [0.15, 0.2) is 59.6 Å². The minimum atomic E-state index is 0. The summed E-state index contributed by atoms with van der Waals surface area (Å²) in [6.45, 7) is 6.98. The Balaban J connectivity index is 0.00000392. The number of hydrogen-bond acceptors (Lipinski definition) is 3. The van der Waals surface area contributed by atoms with Gasteiger partial charge >= 0.3 is 0 Å². The van der Waals surface area contributed by atoms with Crippen molar-refractivity contribution in [2.75, 3.05) is 19.7 Å². The third-order valence-corrected chi connectivity index (χ3v) is 4.10. The first-order valence-corrected chi connectivity index (χ1v) is 9.40. The summed E-state index contributed by atoms with van der Waals surface area (Å²) in [6, 6.07) is 19.9. The predicted octanol–water partition coefficient (Wildman–Crippen LogP) is 4.40. The Bertz CT molecular complexity index is 741. The molecule has 0 fully saturated rings. The van der Waals surface area contributed by atoms with Crippen molar-refractivity contribution in [3.8, 4) is 6.07 Å². The number of hydrogen-bond donors (Lipinski definition) is 2. The standard InChI is InChI=1S/C22H28N4O.HI/c1-3-24-22(26-17-20-12-10-19(16-23)11-13-20)25-14-7-15-27-18(2)21-8-5-4-6-9-21;/h4-6,8-13,18H,3,7,14-15,17H2,1-2H3,(H2,24,25,26);1H. The van der Waals surface area contributed by atoms with E-state index in [0.717, 1.165) is 31.0 Å². The maximum absolute atomic E-state index is 8.85. The van der Waals surface area contributed by atoms with Crippen molar-refractivity contribution in [3.05, 3.63) is 71.3 Å². The Labute approximate surface area is 185 Å². The van der Waals surface area contributed by atoms with Gasteiger partial charge < -0.3 is 15.4 Å². The topological polar surface area (TPSA) is 69.4 Å². The molecular formula is C22H29IN4O. The van der Waals surface area contributed by atoms with Gasteiger partial charge in [0.2, 0.25) is 0 Å². The molecule has 5 nitrogen and oxygen atoms in total. The van der Waals surface area contributed by atoms with E-state index in [0.29, 0.717) is 18.7 Å². The van der Waals surface area contributed by atoms with Gasteiger partial charge in [-0.2, -0.15) is 5.26 Å². The van der Waals surface area contributed by atoms with Gasteiger partial charge in [-0.1, -0.05) is 42.5 Å². The molecule has 0 saturated carbocycles. The molecule has 0 spiro atoms. The summed E-state index contributed by atoms with van der Waals surface area (Å²) in [6.07, 6.45) is 1.00. The van der Waals surface area contributed by atoms with Gasteiger partial charge in [0.1, 0.15) is 0 Å². The Kier molecular flexibility index (Phi) is 11.9. The maximum atomic E-state index is 8.85. The Morgan fingerprint density at radius 3 is 2.46 bits per heavy atom. The SMILES string of the molecule is CCNC(=NCc1ccc(C#N)cc1)NCCCOC(C)c1ccccc1.I. The Hall–Kier alpha value is -2.11. The summed E-state index contributed by atoms with van der Waals surface area (Å²) in [4.78, 5) is 4.59. The number of rotatable bonds is 9. The van der Waals surface area contributed by atoms with E-state index in [1.54, 1.807) is 0 Å². The van der Waals surface area contributed by atoms with Crippen LogP contribution in [0.5, 0.6) is 0 Å². The number of benzene rings is 2. The van der Waals surface area contributed by atoms with Crippen molar-refractivity contribution < 1.29 is 4.74 Å². The molecule has 2 aromatic carbocycles. The van der Waals surface area contributed by atoms with Crippen LogP contribution in [-0.4, -0.2) is 25.7 Å². The predicted molar refractivity (Wildman–Crippen MR) is 125 cm³/mol. The highest BCUT2D eigenvalue weighted by Gasteiger charge is 2.04. The van der Waals surface area contributed by atoms with Gasteiger partial charge in [-0.3, -0.25) is 0 Å². The molecule has 0 bridgehead atoms. The number of nitriles is 1. The minimum absolute atomic E-state index is 0. The number of aliphatic imine (C=N–C) groups is 1. The molecule has 0 aliphatic carbocycles. The van der Waals surface area contributed by atoms with Crippen molar-refractivity contribution in [2.45, 2.75) is 32.9 Å². The van der Waals surface area contributed by atoms with Gasteiger partial charge in [0.25, 0.3) is 0 Å². The van der Waals surface area contributed by atoms with Crippen LogP contribution >= 0.6 is 24.0 Å². The zero-order chi connectivity index (χ0) is 19.3. The molecule has 2 rings (SSSR count).